The first-order valence-corrected chi connectivity index (χ1v) is 8.39. The van der Waals surface area contributed by atoms with Gasteiger partial charge < -0.3 is 16.0 Å². The van der Waals surface area contributed by atoms with Crippen LogP contribution in [0.3, 0.4) is 0 Å². The second kappa shape index (κ2) is 8.18. The summed E-state index contributed by atoms with van der Waals surface area (Å²) in [6.07, 6.45) is 2.54. The Morgan fingerprint density at radius 3 is 2.77 bits per heavy atom. The summed E-state index contributed by atoms with van der Waals surface area (Å²) in [6.45, 7) is 11.0. The quantitative estimate of drug-likeness (QED) is 0.649. The van der Waals surface area contributed by atoms with Gasteiger partial charge in [-0.05, 0) is 50.3 Å². The van der Waals surface area contributed by atoms with E-state index < -0.39 is 0 Å². The molecule has 0 aliphatic carbocycles. The molecule has 0 amide bonds. The Morgan fingerprint density at radius 1 is 1.36 bits per heavy atom. The first kappa shape index (κ1) is 16.8. The number of aliphatic imine (C=N–C) groups is 1. The highest BCUT2D eigenvalue weighted by atomic mass is 15.1. The van der Waals surface area contributed by atoms with Gasteiger partial charge in [-0.3, -0.25) is 4.99 Å². The van der Waals surface area contributed by atoms with Crippen LogP contribution in [0, 0.1) is 18.8 Å². The summed E-state index contributed by atoms with van der Waals surface area (Å²) in [6, 6.07) is 8.20. The Balaban J connectivity index is 1.81. The van der Waals surface area contributed by atoms with E-state index in [1.807, 2.05) is 12.1 Å². The minimum atomic E-state index is 0.518. The smallest absolute Gasteiger partial charge is 0.193 e. The van der Waals surface area contributed by atoms with Gasteiger partial charge in [0.1, 0.15) is 0 Å². The van der Waals surface area contributed by atoms with Crippen LogP contribution < -0.4 is 11.1 Å². The van der Waals surface area contributed by atoms with Crippen molar-refractivity contribution >= 4 is 11.6 Å². The van der Waals surface area contributed by atoms with Gasteiger partial charge in [0.25, 0.3) is 0 Å². The molecular weight excluding hydrogens is 272 g/mol. The molecule has 0 bridgehead atoms. The zero-order valence-electron chi connectivity index (χ0n) is 14.2. The molecule has 1 fully saturated rings. The fraction of sp³-hybridized carbons (Fsp3) is 0.611. The minimum Gasteiger partial charge on any atom is -0.370 e. The maximum atomic E-state index is 6.00. The number of rotatable bonds is 5. The number of benzene rings is 1. The third-order valence-electron chi connectivity index (χ3n) is 4.07. The predicted molar refractivity (Wildman–Crippen MR) is 95.3 cm³/mol. The van der Waals surface area contributed by atoms with Crippen molar-refractivity contribution < 1.29 is 0 Å². The van der Waals surface area contributed by atoms with Crippen LogP contribution in [0.25, 0.3) is 0 Å². The second-order valence-corrected chi connectivity index (χ2v) is 6.88. The number of aryl methyl sites for hydroxylation is 1. The summed E-state index contributed by atoms with van der Waals surface area (Å²) in [4.78, 5) is 7.10. The van der Waals surface area contributed by atoms with Gasteiger partial charge in [-0.2, -0.15) is 0 Å². The van der Waals surface area contributed by atoms with Crippen LogP contribution in [0.15, 0.2) is 29.3 Å². The molecule has 122 valence electrons. The molecule has 3 N–H and O–H groups in total. The third kappa shape index (κ3) is 5.68. The second-order valence-electron chi connectivity index (χ2n) is 6.88. The summed E-state index contributed by atoms with van der Waals surface area (Å²) in [5.41, 5.74) is 8.24. The molecule has 1 aliphatic rings. The molecule has 1 aliphatic heterocycles. The Bertz CT molecular complexity index is 478. The zero-order chi connectivity index (χ0) is 15.9. The molecular formula is C18H30N4. The fourth-order valence-corrected chi connectivity index (χ4v) is 3.03. The monoisotopic (exact) mass is 302 g/mol. The zero-order valence-corrected chi connectivity index (χ0v) is 14.2. The third-order valence-corrected chi connectivity index (χ3v) is 4.07. The number of likely N-dealkylation sites (tertiary alicyclic amines) is 1. The van der Waals surface area contributed by atoms with Gasteiger partial charge in [-0.25, -0.2) is 0 Å². The van der Waals surface area contributed by atoms with E-state index in [1.54, 1.807) is 0 Å². The average Bonchev–Trinajstić information content (AvgIpc) is 2.47. The van der Waals surface area contributed by atoms with E-state index >= 15 is 0 Å². The lowest BCUT2D eigenvalue weighted by atomic mass is 9.97. The molecule has 0 radical (unpaired) electrons. The molecule has 0 aromatic heterocycles. The molecule has 22 heavy (non-hydrogen) atoms. The van der Waals surface area contributed by atoms with Gasteiger partial charge in [0, 0.05) is 25.3 Å². The highest BCUT2D eigenvalue weighted by Gasteiger charge is 2.20. The summed E-state index contributed by atoms with van der Waals surface area (Å²) in [7, 11) is 0. The van der Waals surface area contributed by atoms with E-state index in [0.717, 1.165) is 24.7 Å². The van der Waals surface area contributed by atoms with Gasteiger partial charge in [0.15, 0.2) is 5.96 Å². The maximum Gasteiger partial charge on any atom is 0.193 e. The van der Waals surface area contributed by atoms with Crippen molar-refractivity contribution in [1.29, 1.82) is 0 Å². The number of anilines is 1. The number of hydrogen-bond acceptors (Lipinski definition) is 2. The minimum absolute atomic E-state index is 0.518. The summed E-state index contributed by atoms with van der Waals surface area (Å²) in [5, 5.41) is 3.17. The van der Waals surface area contributed by atoms with Crippen LogP contribution in [0.4, 0.5) is 5.69 Å². The van der Waals surface area contributed by atoms with Crippen molar-refractivity contribution in [3.8, 4) is 0 Å². The van der Waals surface area contributed by atoms with E-state index in [-0.39, 0.29) is 0 Å². The first-order valence-electron chi connectivity index (χ1n) is 8.39. The highest BCUT2D eigenvalue weighted by molar-refractivity contribution is 5.92. The average molecular weight is 302 g/mol. The van der Waals surface area contributed by atoms with Crippen LogP contribution in [-0.4, -0.2) is 37.0 Å². The van der Waals surface area contributed by atoms with Crippen molar-refractivity contribution in [2.75, 3.05) is 31.5 Å². The van der Waals surface area contributed by atoms with Gasteiger partial charge in [0.05, 0.1) is 0 Å². The van der Waals surface area contributed by atoms with Gasteiger partial charge in [0.2, 0.25) is 0 Å². The molecule has 4 heteroatoms. The number of nitrogens with zero attached hydrogens (tertiary/aromatic N) is 2. The van der Waals surface area contributed by atoms with Crippen LogP contribution in [0.5, 0.6) is 0 Å². The number of guanidine groups is 1. The van der Waals surface area contributed by atoms with Crippen LogP contribution in [0.2, 0.25) is 0 Å². The lowest BCUT2D eigenvalue weighted by Gasteiger charge is -2.33. The highest BCUT2D eigenvalue weighted by Crippen LogP contribution is 2.18. The van der Waals surface area contributed by atoms with Crippen molar-refractivity contribution in [1.82, 2.24) is 4.90 Å². The molecule has 1 atom stereocenters. The van der Waals surface area contributed by atoms with E-state index in [0.29, 0.717) is 11.9 Å². The molecule has 0 saturated carbocycles. The molecule has 1 saturated heterocycles. The largest absolute Gasteiger partial charge is 0.370 e. The van der Waals surface area contributed by atoms with Crippen LogP contribution in [-0.2, 0) is 0 Å². The molecule has 1 aromatic carbocycles. The summed E-state index contributed by atoms with van der Waals surface area (Å²) < 4.78 is 0. The van der Waals surface area contributed by atoms with E-state index in [4.69, 9.17) is 5.73 Å². The summed E-state index contributed by atoms with van der Waals surface area (Å²) >= 11 is 0. The molecule has 1 heterocycles. The van der Waals surface area contributed by atoms with Gasteiger partial charge >= 0.3 is 0 Å². The van der Waals surface area contributed by atoms with Crippen LogP contribution in [0.1, 0.15) is 32.3 Å². The van der Waals surface area contributed by atoms with Crippen LogP contribution >= 0.6 is 0 Å². The molecule has 0 spiro atoms. The van der Waals surface area contributed by atoms with Crippen molar-refractivity contribution in [3.63, 3.8) is 0 Å². The lowest BCUT2D eigenvalue weighted by Crippen LogP contribution is -2.39. The lowest BCUT2D eigenvalue weighted by molar-refractivity contribution is 0.162. The Labute approximate surface area is 134 Å². The van der Waals surface area contributed by atoms with Gasteiger partial charge in [-0.1, -0.05) is 31.5 Å². The number of hydrogen-bond donors (Lipinski definition) is 2. The number of nitrogens with one attached hydrogen (secondary N) is 1. The molecule has 1 aromatic rings. The van der Waals surface area contributed by atoms with Crippen molar-refractivity contribution in [3.05, 3.63) is 29.8 Å². The fourth-order valence-electron chi connectivity index (χ4n) is 3.03. The van der Waals surface area contributed by atoms with Crippen molar-refractivity contribution in [2.45, 2.75) is 33.6 Å². The van der Waals surface area contributed by atoms with Crippen molar-refractivity contribution in [2.24, 2.45) is 22.6 Å². The molecule has 2 rings (SSSR count). The molecule has 4 nitrogen and oxygen atoms in total. The summed E-state index contributed by atoms with van der Waals surface area (Å²) in [5.74, 6) is 1.88. The topological polar surface area (TPSA) is 53.6 Å². The molecule has 1 unspecified atom stereocenters. The Kier molecular flexibility index (Phi) is 6.25. The van der Waals surface area contributed by atoms with E-state index in [9.17, 15) is 0 Å². The Hall–Kier alpha value is -1.55. The van der Waals surface area contributed by atoms with E-state index in [2.05, 4.69) is 48.1 Å². The predicted octanol–water partition coefficient (Wildman–Crippen LogP) is 3.09. The number of piperidine rings is 1. The van der Waals surface area contributed by atoms with E-state index in [1.165, 1.54) is 31.5 Å². The number of nitrogens with two attached hydrogens (primary N) is 1. The Morgan fingerprint density at radius 2 is 2.09 bits per heavy atom. The maximum absolute atomic E-state index is 6.00. The normalized spacial score (nSPS) is 20.4. The standard InChI is InChI=1S/C18H30N4/c1-14(2)12-22-10-4-5-16(13-22)11-20-18(19)21-17-8-6-15(3)7-9-17/h6-9,14,16H,4-5,10-13H2,1-3H3,(H3,19,20,21). The SMILES string of the molecule is Cc1ccc(NC(N)=NCC2CCCN(CC(C)C)C2)cc1. The van der Waals surface area contributed by atoms with Gasteiger partial charge in [-0.15, -0.1) is 0 Å². The first-order chi connectivity index (χ1) is 10.5.